The summed E-state index contributed by atoms with van der Waals surface area (Å²) < 4.78 is 13.6. The molecule has 0 aliphatic heterocycles. The van der Waals surface area contributed by atoms with Gasteiger partial charge in [0.1, 0.15) is 0 Å². The molecule has 1 aliphatic carbocycles. The zero-order valence-corrected chi connectivity index (χ0v) is 11.4. The number of benzene rings is 1. The molecule has 0 saturated heterocycles. The van der Waals surface area contributed by atoms with Crippen LogP contribution in [0.5, 0.6) is 0 Å². The van der Waals surface area contributed by atoms with Crippen LogP contribution in [0.15, 0.2) is 18.2 Å². The van der Waals surface area contributed by atoms with Crippen molar-refractivity contribution < 1.29 is 9.31 Å². The van der Waals surface area contributed by atoms with E-state index in [1.54, 1.807) is 6.07 Å². The van der Waals surface area contributed by atoms with Crippen LogP contribution in [0.4, 0.5) is 10.1 Å². The lowest BCUT2D eigenvalue weighted by Crippen LogP contribution is -2.18. The van der Waals surface area contributed by atoms with Gasteiger partial charge in [-0.15, -0.1) is 0 Å². The summed E-state index contributed by atoms with van der Waals surface area (Å²) in [5.74, 6) is -0.275. The van der Waals surface area contributed by atoms with Crippen molar-refractivity contribution in [3.05, 3.63) is 39.7 Å². The van der Waals surface area contributed by atoms with Gasteiger partial charge in [0, 0.05) is 6.07 Å². The summed E-state index contributed by atoms with van der Waals surface area (Å²) in [6.07, 6.45) is 4.20. The second-order valence-electron chi connectivity index (χ2n) is 5.63. The normalized spacial score (nSPS) is 25.4. The van der Waals surface area contributed by atoms with Crippen LogP contribution in [0.2, 0.25) is 0 Å². The zero-order valence-electron chi connectivity index (χ0n) is 11.4. The Hall–Kier alpha value is -1.96. The van der Waals surface area contributed by atoms with Crippen LogP contribution >= 0.6 is 0 Å². The average molecular weight is 276 g/mol. The van der Waals surface area contributed by atoms with Crippen molar-refractivity contribution in [2.75, 3.05) is 0 Å². The van der Waals surface area contributed by atoms with Crippen LogP contribution in [-0.2, 0) is 6.42 Å². The van der Waals surface area contributed by atoms with E-state index in [2.05, 4.69) is 13.0 Å². The van der Waals surface area contributed by atoms with E-state index in [1.807, 2.05) is 0 Å². The maximum Gasteiger partial charge on any atom is 0.304 e. The number of rotatable bonds is 4. The molecule has 2 atom stereocenters. The highest BCUT2D eigenvalue weighted by molar-refractivity contribution is 5.36. The first-order valence-corrected chi connectivity index (χ1v) is 6.84. The molecule has 1 saturated carbocycles. The first-order chi connectivity index (χ1) is 9.49. The molecule has 0 aromatic heterocycles. The molecule has 5 heteroatoms. The van der Waals surface area contributed by atoms with Gasteiger partial charge in [-0.2, -0.15) is 9.65 Å². The quantitative estimate of drug-likeness (QED) is 0.616. The summed E-state index contributed by atoms with van der Waals surface area (Å²) in [5, 5.41) is 20.0. The minimum atomic E-state index is -0.828. The lowest BCUT2D eigenvalue weighted by Gasteiger charge is -2.21. The largest absolute Gasteiger partial charge is 0.304 e. The van der Waals surface area contributed by atoms with Gasteiger partial charge < -0.3 is 0 Å². The van der Waals surface area contributed by atoms with E-state index in [-0.39, 0.29) is 0 Å². The number of halogens is 1. The third-order valence-corrected chi connectivity index (χ3v) is 4.28. The average Bonchev–Trinajstić information content (AvgIpc) is 2.82. The van der Waals surface area contributed by atoms with Crippen molar-refractivity contribution >= 4 is 5.69 Å². The van der Waals surface area contributed by atoms with Crippen molar-refractivity contribution in [1.29, 1.82) is 5.26 Å². The van der Waals surface area contributed by atoms with Crippen LogP contribution in [0.1, 0.15) is 38.2 Å². The summed E-state index contributed by atoms with van der Waals surface area (Å²) in [6, 6.07) is 6.32. The lowest BCUT2D eigenvalue weighted by molar-refractivity contribution is -0.387. The van der Waals surface area contributed by atoms with E-state index in [0.29, 0.717) is 17.9 Å². The molecule has 0 bridgehead atoms. The van der Waals surface area contributed by atoms with E-state index < -0.39 is 21.8 Å². The van der Waals surface area contributed by atoms with E-state index in [0.717, 1.165) is 25.7 Å². The first kappa shape index (κ1) is 14.4. The summed E-state index contributed by atoms with van der Waals surface area (Å²) >= 11 is 0. The van der Waals surface area contributed by atoms with Crippen LogP contribution in [0.25, 0.3) is 0 Å². The minimum absolute atomic E-state index is 0.441. The molecule has 1 fully saturated rings. The number of nitrogens with zero attached hydrogens (tertiary/aromatic N) is 2. The van der Waals surface area contributed by atoms with Crippen molar-refractivity contribution in [3.8, 4) is 6.07 Å². The predicted octanol–water partition coefficient (Wildman–Crippen LogP) is 4.00. The molecule has 0 heterocycles. The highest BCUT2D eigenvalue weighted by atomic mass is 19.1. The summed E-state index contributed by atoms with van der Waals surface area (Å²) in [7, 11) is 0. The first-order valence-electron chi connectivity index (χ1n) is 6.84. The highest BCUT2D eigenvalue weighted by Gasteiger charge is 2.38. The lowest BCUT2D eigenvalue weighted by atomic mass is 9.80. The van der Waals surface area contributed by atoms with Gasteiger partial charge in [0.2, 0.25) is 5.82 Å². The second-order valence-corrected chi connectivity index (χ2v) is 5.63. The maximum atomic E-state index is 13.6. The second kappa shape index (κ2) is 5.58. The number of hydrogen-bond donors (Lipinski definition) is 0. The molecule has 20 heavy (non-hydrogen) atoms. The van der Waals surface area contributed by atoms with Crippen LogP contribution in [-0.4, -0.2) is 4.92 Å². The monoisotopic (exact) mass is 276 g/mol. The number of nitro groups is 1. The van der Waals surface area contributed by atoms with Crippen molar-refractivity contribution in [1.82, 2.24) is 0 Å². The van der Waals surface area contributed by atoms with Crippen LogP contribution < -0.4 is 0 Å². The Morgan fingerprint density at radius 3 is 2.85 bits per heavy atom. The van der Waals surface area contributed by atoms with Gasteiger partial charge in [-0.3, -0.25) is 10.1 Å². The number of hydrogen-bond acceptors (Lipinski definition) is 3. The van der Waals surface area contributed by atoms with Gasteiger partial charge in [-0.05, 0) is 43.2 Å². The van der Waals surface area contributed by atoms with E-state index in [4.69, 9.17) is 0 Å². The van der Waals surface area contributed by atoms with Crippen molar-refractivity contribution in [2.24, 2.45) is 11.3 Å². The molecule has 0 radical (unpaired) electrons. The fraction of sp³-hybridized carbons (Fsp3) is 0.533. The Balaban J connectivity index is 2.19. The Kier molecular flexibility index (Phi) is 4.03. The van der Waals surface area contributed by atoms with E-state index >= 15 is 0 Å². The molecule has 1 aromatic carbocycles. The predicted molar refractivity (Wildman–Crippen MR) is 72.4 cm³/mol. The van der Waals surface area contributed by atoms with Gasteiger partial charge in [0.05, 0.1) is 16.4 Å². The standard InChI is InChI=1S/C15H17FN2O2/c1-2-11-5-6-15(8-11,10-17)9-12-3-4-14(18(19)20)13(16)7-12/h3-4,7,11H,2,5-6,8-9H2,1H3. The molecule has 2 unspecified atom stereocenters. The molecule has 0 spiro atoms. The minimum Gasteiger partial charge on any atom is -0.258 e. The maximum absolute atomic E-state index is 13.6. The third-order valence-electron chi connectivity index (χ3n) is 4.28. The smallest absolute Gasteiger partial charge is 0.258 e. The van der Waals surface area contributed by atoms with Gasteiger partial charge >= 0.3 is 5.69 Å². The van der Waals surface area contributed by atoms with Gasteiger partial charge in [-0.25, -0.2) is 0 Å². The molecule has 4 nitrogen and oxygen atoms in total. The molecular formula is C15H17FN2O2. The molecule has 106 valence electrons. The molecular weight excluding hydrogens is 259 g/mol. The molecule has 1 aliphatic rings. The Labute approximate surface area is 117 Å². The zero-order chi connectivity index (χ0) is 14.8. The van der Waals surface area contributed by atoms with Crippen LogP contribution in [0.3, 0.4) is 0 Å². The Bertz CT molecular complexity index is 567. The van der Waals surface area contributed by atoms with Crippen LogP contribution in [0, 0.1) is 38.6 Å². The summed E-state index contributed by atoms with van der Waals surface area (Å²) in [5.41, 5.74) is -0.299. The number of nitriles is 1. The molecule has 0 N–H and O–H groups in total. The van der Waals surface area contributed by atoms with Gasteiger partial charge in [-0.1, -0.05) is 19.4 Å². The highest BCUT2D eigenvalue weighted by Crippen LogP contribution is 2.45. The SMILES string of the molecule is CCC1CCC(C#N)(Cc2ccc([N+](=O)[O-])c(F)c2)C1. The van der Waals surface area contributed by atoms with E-state index in [9.17, 15) is 19.8 Å². The Morgan fingerprint density at radius 2 is 2.35 bits per heavy atom. The third kappa shape index (κ3) is 2.79. The van der Waals surface area contributed by atoms with Gasteiger partial charge in [0.25, 0.3) is 0 Å². The Morgan fingerprint density at radius 1 is 1.60 bits per heavy atom. The van der Waals surface area contributed by atoms with Gasteiger partial charge in [0.15, 0.2) is 0 Å². The molecule has 1 aromatic rings. The topological polar surface area (TPSA) is 66.9 Å². The molecule has 0 amide bonds. The van der Waals surface area contributed by atoms with E-state index in [1.165, 1.54) is 12.1 Å². The summed E-state index contributed by atoms with van der Waals surface area (Å²) in [6.45, 7) is 2.11. The fourth-order valence-electron chi connectivity index (χ4n) is 3.09. The summed E-state index contributed by atoms with van der Waals surface area (Å²) in [4.78, 5) is 9.86. The molecule has 2 rings (SSSR count). The van der Waals surface area contributed by atoms with Crippen molar-refractivity contribution in [2.45, 2.75) is 39.0 Å². The fourth-order valence-corrected chi connectivity index (χ4v) is 3.09. The van der Waals surface area contributed by atoms with Crippen molar-refractivity contribution in [3.63, 3.8) is 0 Å². The number of nitro benzene ring substituents is 1.